The molecule has 0 N–H and O–H groups in total. The van der Waals surface area contributed by atoms with Crippen molar-refractivity contribution < 1.29 is 23.8 Å². The molecule has 142 valence electrons. The lowest BCUT2D eigenvalue weighted by Crippen LogP contribution is -2.53. The Morgan fingerprint density at radius 2 is 1.78 bits per heavy atom. The number of hydrogen-bond donors (Lipinski definition) is 0. The zero-order valence-electron chi connectivity index (χ0n) is 15.2. The van der Waals surface area contributed by atoms with Gasteiger partial charge < -0.3 is 14.5 Å². The van der Waals surface area contributed by atoms with Gasteiger partial charge in [-0.15, -0.1) is 0 Å². The molecule has 0 aliphatic carbocycles. The minimum Gasteiger partial charge on any atom is -0.497 e. The summed E-state index contributed by atoms with van der Waals surface area (Å²) < 4.78 is 6.21. The highest BCUT2D eigenvalue weighted by Crippen LogP contribution is 2.28. The van der Waals surface area contributed by atoms with E-state index < -0.39 is 18.1 Å². The molecule has 1 unspecified atom stereocenters. The Kier molecular flexibility index (Phi) is 4.51. The minimum atomic E-state index is -0.740. The molecular formula is C18H22N5O4+. The number of carbonyl (C=O) groups is 3. The maximum atomic E-state index is 12.5. The van der Waals surface area contributed by atoms with Crippen LogP contribution in [0.3, 0.4) is 0 Å². The summed E-state index contributed by atoms with van der Waals surface area (Å²) in [6, 6.07) is 7.45. The average Bonchev–Trinajstić information content (AvgIpc) is 3.36. The second kappa shape index (κ2) is 6.98. The van der Waals surface area contributed by atoms with E-state index in [9.17, 15) is 14.4 Å². The number of likely N-dealkylation sites (tertiary alicyclic amines) is 1. The molecule has 4 rings (SSSR count). The Hall–Kier alpha value is -2.97. The van der Waals surface area contributed by atoms with E-state index in [-0.39, 0.29) is 12.5 Å². The number of rotatable bonds is 4. The molecule has 0 spiro atoms. The molecule has 3 amide bonds. The number of anilines is 1. The van der Waals surface area contributed by atoms with Crippen LogP contribution >= 0.6 is 0 Å². The van der Waals surface area contributed by atoms with Crippen molar-refractivity contribution in [1.29, 1.82) is 0 Å². The van der Waals surface area contributed by atoms with Crippen molar-refractivity contribution in [3.63, 3.8) is 0 Å². The number of azo groups is 2. The molecule has 0 bridgehead atoms. The Morgan fingerprint density at radius 3 is 2.44 bits per heavy atom. The first-order valence-corrected chi connectivity index (χ1v) is 9.10. The van der Waals surface area contributed by atoms with Crippen LogP contribution in [-0.2, 0) is 14.4 Å². The highest BCUT2D eigenvalue weighted by atomic mass is 16.5. The molecule has 1 aromatic rings. The van der Waals surface area contributed by atoms with Gasteiger partial charge in [-0.1, -0.05) is 0 Å². The predicted molar refractivity (Wildman–Crippen MR) is 94.2 cm³/mol. The van der Waals surface area contributed by atoms with E-state index in [1.807, 2.05) is 29.2 Å². The van der Waals surface area contributed by atoms with E-state index >= 15 is 0 Å². The number of amides is 3. The molecule has 3 aliphatic rings. The molecule has 0 saturated carbocycles. The third-order valence-electron chi connectivity index (χ3n) is 5.21. The molecule has 1 aromatic carbocycles. The Bertz CT molecular complexity index is 800. The minimum absolute atomic E-state index is 0.167. The van der Waals surface area contributed by atoms with E-state index in [0.29, 0.717) is 26.2 Å². The number of fused-ring (bicyclic) bond motifs is 1. The fraction of sp³-hybridized carbons (Fsp3) is 0.500. The van der Waals surface area contributed by atoms with Crippen LogP contribution in [0.15, 0.2) is 29.4 Å². The third kappa shape index (κ3) is 3.13. The van der Waals surface area contributed by atoms with E-state index in [0.717, 1.165) is 29.0 Å². The Labute approximate surface area is 156 Å². The van der Waals surface area contributed by atoms with Gasteiger partial charge in [-0.05, 0) is 41.8 Å². The maximum absolute atomic E-state index is 12.5. The zero-order valence-corrected chi connectivity index (χ0v) is 15.2. The quantitative estimate of drug-likeness (QED) is 0.559. The van der Waals surface area contributed by atoms with Crippen LogP contribution in [0.2, 0.25) is 0 Å². The van der Waals surface area contributed by atoms with Crippen molar-refractivity contribution >= 4 is 23.4 Å². The van der Waals surface area contributed by atoms with Gasteiger partial charge in [0.05, 0.1) is 7.11 Å². The first kappa shape index (κ1) is 17.4. The molecule has 0 radical (unpaired) electrons. The standard InChI is InChI=1S/C18H22N5O4/c1-27-14-6-4-13(5-7-14)21-10-11-22-16(25)17(26)23(19-18(21)22)12-15(24)20-8-2-3-9-20/h4-7,18H,2-3,8-12H2,1H3/q+1. The van der Waals surface area contributed by atoms with Gasteiger partial charge in [0.15, 0.2) is 0 Å². The van der Waals surface area contributed by atoms with Gasteiger partial charge in [0, 0.05) is 37.0 Å². The van der Waals surface area contributed by atoms with Crippen LogP contribution in [-0.4, -0.2) is 78.3 Å². The van der Waals surface area contributed by atoms with Crippen LogP contribution in [0.1, 0.15) is 12.8 Å². The molecule has 2 saturated heterocycles. The molecule has 0 aromatic heterocycles. The highest BCUT2D eigenvalue weighted by molar-refractivity contribution is 6.31. The molecular weight excluding hydrogens is 350 g/mol. The fourth-order valence-corrected chi connectivity index (χ4v) is 3.70. The largest absolute Gasteiger partial charge is 0.502 e. The predicted octanol–water partition coefficient (Wildman–Crippen LogP) is 0.255. The average molecular weight is 372 g/mol. The summed E-state index contributed by atoms with van der Waals surface area (Å²) in [4.78, 5) is 42.4. The number of methoxy groups -OCH3 is 1. The third-order valence-corrected chi connectivity index (χ3v) is 5.21. The monoisotopic (exact) mass is 372 g/mol. The van der Waals surface area contributed by atoms with Gasteiger partial charge in [0.2, 0.25) is 0 Å². The molecule has 2 fully saturated rings. The van der Waals surface area contributed by atoms with E-state index in [1.165, 1.54) is 4.90 Å². The summed E-state index contributed by atoms with van der Waals surface area (Å²) >= 11 is 0. The van der Waals surface area contributed by atoms with Crippen LogP contribution in [0.4, 0.5) is 5.69 Å². The SMILES string of the molecule is COc1ccc(N2CCN3C(=O)C(=O)[N+](CC(=O)N4CCCC4)=NC32)cc1. The summed E-state index contributed by atoms with van der Waals surface area (Å²) in [5, 5.41) is 4.42. The number of hydrogen-bond acceptors (Lipinski definition) is 6. The number of benzene rings is 1. The lowest BCUT2D eigenvalue weighted by Gasteiger charge is -2.27. The van der Waals surface area contributed by atoms with Crippen molar-refractivity contribution in [3.05, 3.63) is 24.3 Å². The van der Waals surface area contributed by atoms with Gasteiger partial charge in [-0.25, -0.2) is 4.79 Å². The van der Waals surface area contributed by atoms with Gasteiger partial charge in [-0.2, -0.15) is 0 Å². The molecule has 1 atom stereocenters. The van der Waals surface area contributed by atoms with Crippen LogP contribution < -0.4 is 9.64 Å². The van der Waals surface area contributed by atoms with Crippen molar-refractivity contribution in [2.75, 3.05) is 44.7 Å². The number of nitrogens with zero attached hydrogens (tertiary/aromatic N) is 5. The fourth-order valence-electron chi connectivity index (χ4n) is 3.70. The van der Waals surface area contributed by atoms with E-state index in [2.05, 4.69) is 5.11 Å². The van der Waals surface area contributed by atoms with E-state index in [1.54, 1.807) is 12.0 Å². The Morgan fingerprint density at radius 1 is 1.11 bits per heavy atom. The van der Waals surface area contributed by atoms with Gasteiger partial charge in [0.25, 0.3) is 18.7 Å². The second-order valence-electron chi connectivity index (χ2n) is 6.80. The number of ether oxygens (including phenoxy) is 1. The van der Waals surface area contributed by atoms with Gasteiger partial charge in [0.1, 0.15) is 5.75 Å². The summed E-state index contributed by atoms with van der Waals surface area (Å²) in [6.07, 6.45) is 1.32. The van der Waals surface area contributed by atoms with Crippen molar-refractivity contribution in [3.8, 4) is 5.75 Å². The van der Waals surface area contributed by atoms with Crippen molar-refractivity contribution in [1.82, 2.24) is 9.80 Å². The summed E-state index contributed by atoms with van der Waals surface area (Å²) in [7, 11) is 1.60. The van der Waals surface area contributed by atoms with Crippen LogP contribution in [0, 0.1) is 0 Å². The molecule has 3 aliphatic heterocycles. The maximum Gasteiger partial charge on any atom is 0.502 e. The zero-order chi connectivity index (χ0) is 19.0. The summed E-state index contributed by atoms with van der Waals surface area (Å²) in [6.45, 7) is 2.18. The van der Waals surface area contributed by atoms with Gasteiger partial charge in [-0.3, -0.25) is 14.5 Å². The molecule has 27 heavy (non-hydrogen) atoms. The first-order chi connectivity index (χ1) is 13.1. The van der Waals surface area contributed by atoms with Crippen molar-refractivity contribution in [2.45, 2.75) is 19.1 Å². The smallest absolute Gasteiger partial charge is 0.497 e. The summed E-state index contributed by atoms with van der Waals surface area (Å²) in [5.74, 6) is -0.782. The lowest BCUT2D eigenvalue weighted by molar-refractivity contribution is -0.510. The molecule has 9 heteroatoms. The van der Waals surface area contributed by atoms with Gasteiger partial charge >= 0.3 is 11.8 Å². The topological polar surface area (TPSA) is 85.5 Å². The second-order valence-corrected chi connectivity index (χ2v) is 6.80. The Balaban J connectivity index is 1.58. The normalized spacial score (nSPS) is 22.2. The lowest BCUT2D eigenvalue weighted by atomic mass is 10.3. The van der Waals surface area contributed by atoms with Crippen LogP contribution in [0.5, 0.6) is 5.75 Å². The van der Waals surface area contributed by atoms with E-state index in [4.69, 9.17) is 4.74 Å². The van der Waals surface area contributed by atoms with Crippen LogP contribution in [0.25, 0.3) is 0 Å². The molecule has 9 nitrogen and oxygen atoms in total. The number of carbonyl (C=O) groups excluding carboxylic acids is 3. The highest BCUT2D eigenvalue weighted by Gasteiger charge is 2.50. The molecule has 3 heterocycles. The first-order valence-electron chi connectivity index (χ1n) is 9.10. The van der Waals surface area contributed by atoms with Crippen molar-refractivity contribution in [2.24, 2.45) is 5.11 Å². The summed E-state index contributed by atoms with van der Waals surface area (Å²) in [5.41, 5.74) is 0.875.